The summed E-state index contributed by atoms with van der Waals surface area (Å²) in [6.07, 6.45) is 3.68. The van der Waals surface area contributed by atoms with Gasteiger partial charge in [0, 0.05) is 23.7 Å². The minimum absolute atomic E-state index is 0.00182. The number of rotatable bonds is 6. The molecule has 0 aromatic heterocycles. The summed E-state index contributed by atoms with van der Waals surface area (Å²) in [7, 11) is 0. The Kier molecular flexibility index (Phi) is 5.47. The van der Waals surface area contributed by atoms with Crippen molar-refractivity contribution in [3.8, 4) is 0 Å². The molecule has 0 spiro atoms. The summed E-state index contributed by atoms with van der Waals surface area (Å²) in [5.74, 6) is -0.234. The van der Waals surface area contributed by atoms with E-state index in [0.717, 1.165) is 5.56 Å². The zero-order valence-electron chi connectivity index (χ0n) is 13.7. The SMILES string of the molecule is CC(C)(Cc1ccccc1)NC(=O)/C=C/c1cccc([N+](=O)[O-])c1. The number of nitrogens with zero attached hydrogens (tertiary/aromatic N) is 1. The second-order valence-electron chi connectivity index (χ2n) is 6.22. The number of carbonyl (C=O) groups excluding carboxylic acids is 1. The highest BCUT2D eigenvalue weighted by molar-refractivity contribution is 5.92. The van der Waals surface area contributed by atoms with Crippen LogP contribution in [0.1, 0.15) is 25.0 Å². The van der Waals surface area contributed by atoms with Crippen molar-refractivity contribution >= 4 is 17.7 Å². The number of nitro benzene ring substituents is 1. The van der Waals surface area contributed by atoms with E-state index in [0.29, 0.717) is 12.0 Å². The highest BCUT2D eigenvalue weighted by Crippen LogP contribution is 2.15. The third kappa shape index (κ3) is 5.35. The van der Waals surface area contributed by atoms with Gasteiger partial charge in [-0.15, -0.1) is 0 Å². The molecule has 0 atom stereocenters. The molecule has 0 bridgehead atoms. The van der Waals surface area contributed by atoms with Gasteiger partial charge in [0.25, 0.3) is 5.69 Å². The van der Waals surface area contributed by atoms with Crippen molar-refractivity contribution in [3.05, 3.63) is 81.9 Å². The number of nitrogens with one attached hydrogen (secondary N) is 1. The molecule has 5 heteroatoms. The Balaban J connectivity index is 1.99. The minimum Gasteiger partial charge on any atom is -0.347 e. The summed E-state index contributed by atoms with van der Waals surface area (Å²) in [4.78, 5) is 22.4. The van der Waals surface area contributed by atoms with E-state index in [2.05, 4.69) is 5.32 Å². The molecule has 1 N–H and O–H groups in total. The lowest BCUT2D eigenvalue weighted by molar-refractivity contribution is -0.384. The molecule has 124 valence electrons. The molecule has 2 aromatic rings. The summed E-state index contributed by atoms with van der Waals surface area (Å²) >= 11 is 0. The molecule has 1 amide bonds. The molecule has 0 saturated carbocycles. The molecule has 0 fully saturated rings. The van der Waals surface area contributed by atoms with E-state index < -0.39 is 10.5 Å². The van der Waals surface area contributed by atoms with E-state index in [1.807, 2.05) is 44.2 Å². The number of benzene rings is 2. The van der Waals surface area contributed by atoms with Gasteiger partial charge in [-0.1, -0.05) is 42.5 Å². The first-order valence-electron chi connectivity index (χ1n) is 7.64. The van der Waals surface area contributed by atoms with Gasteiger partial charge in [-0.25, -0.2) is 0 Å². The molecule has 0 saturated heterocycles. The Morgan fingerprint density at radius 3 is 2.54 bits per heavy atom. The third-order valence-electron chi connectivity index (χ3n) is 3.46. The molecule has 24 heavy (non-hydrogen) atoms. The summed E-state index contributed by atoms with van der Waals surface area (Å²) in [5.41, 5.74) is 1.36. The van der Waals surface area contributed by atoms with Crippen LogP contribution in [0.5, 0.6) is 0 Å². The van der Waals surface area contributed by atoms with Crippen molar-refractivity contribution in [3.63, 3.8) is 0 Å². The maximum atomic E-state index is 12.1. The van der Waals surface area contributed by atoms with Crippen molar-refractivity contribution in [2.24, 2.45) is 0 Å². The van der Waals surface area contributed by atoms with E-state index in [4.69, 9.17) is 0 Å². The maximum Gasteiger partial charge on any atom is 0.270 e. The maximum absolute atomic E-state index is 12.1. The van der Waals surface area contributed by atoms with Crippen LogP contribution in [0.4, 0.5) is 5.69 Å². The van der Waals surface area contributed by atoms with Gasteiger partial charge in [-0.3, -0.25) is 14.9 Å². The fourth-order valence-corrected chi connectivity index (χ4v) is 2.44. The predicted molar refractivity (Wildman–Crippen MR) is 94.5 cm³/mol. The molecular weight excluding hydrogens is 304 g/mol. The lowest BCUT2D eigenvalue weighted by Gasteiger charge is -2.25. The van der Waals surface area contributed by atoms with Crippen LogP contribution >= 0.6 is 0 Å². The van der Waals surface area contributed by atoms with Gasteiger partial charge < -0.3 is 5.32 Å². The summed E-state index contributed by atoms with van der Waals surface area (Å²) in [6, 6.07) is 16.1. The summed E-state index contributed by atoms with van der Waals surface area (Å²) in [5, 5.41) is 13.7. The van der Waals surface area contributed by atoms with Crippen LogP contribution in [0, 0.1) is 10.1 Å². The van der Waals surface area contributed by atoms with Crippen molar-refractivity contribution < 1.29 is 9.72 Å². The van der Waals surface area contributed by atoms with Crippen LogP contribution in [0.3, 0.4) is 0 Å². The van der Waals surface area contributed by atoms with E-state index in [1.165, 1.54) is 18.2 Å². The van der Waals surface area contributed by atoms with Gasteiger partial charge >= 0.3 is 0 Å². The first-order valence-corrected chi connectivity index (χ1v) is 7.64. The monoisotopic (exact) mass is 324 g/mol. The zero-order chi connectivity index (χ0) is 17.6. The molecule has 0 aliphatic rings. The fraction of sp³-hybridized carbons (Fsp3) is 0.211. The van der Waals surface area contributed by atoms with Gasteiger partial charge in [0.1, 0.15) is 0 Å². The summed E-state index contributed by atoms with van der Waals surface area (Å²) < 4.78 is 0. The molecule has 2 aromatic carbocycles. The van der Waals surface area contributed by atoms with Gasteiger partial charge in [-0.2, -0.15) is 0 Å². The normalized spacial score (nSPS) is 11.4. The average Bonchev–Trinajstić information content (AvgIpc) is 2.53. The lowest BCUT2D eigenvalue weighted by Crippen LogP contribution is -2.44. The minimum atomic E-state index is -0.458. The van der Waals surface area contributed by atoms with Crippen molar-refractivity contribution in [2.45, 2.75) is 25.8 Å². The Morgan fingerprint density at radius 1 is 1.17 bits per heavy atom. The second kappa shape index (κ2) is 7.55. The number of hydrogen-bond acceptors (Lipinski definition) is 3. The quantitative estimate of drug-likeness (QED) is 0.500. The van der Waals surface area contributed by atoms with Gasteiger partial charge in [0.15, 0.2) is 0 Å². The zero-order valence-corrected chi connectivity index (χ0v) is 13.7. The predicted octanol–water partition coefficient (Wildman–Crippen LogP) is 3.75. The number of non-ortho nitro benzene ring substituents is 1. The van der Waals surface area contributed by atoms with Gasteiger partial charge in [0.2, 0.25) is 5.91 Å². The first kappa shape index (κ1) is 17.4. The van der Waals surface area contributed by atoms with Crippen LogP contribution in [0.2, 0.25) is 0 Å². The first-order chi connectivity index (χ1) is 11.4. The Labute approximate surface area is 141 Å². The fourth-order valence-electron chi connectivity index (χ4n) is 2.44. The second-order valence-corrected chi connectivity index (χ2v) is 6.22. The van der Waals surface area contributed by atoms with Crippen LogP contribution in [-0.4, -0.2) is 16.4 Å². The molecular formula is C19H20N2O3. The largest absolute Gasteiger partial charge is 0.347 e. The Bertz CT molecular complexity index is 752. The molecule has 0 radical (unpaired) electrons. The molecule has 0 aliphatic carbocycles. The molecule has 0 heterocycles. The van der Waals surface area contributed by atoms with E-state index in [9.17, 15) is 14.9 Å². The third-order valence-corrected chi connectivity index (χ3v) is 3.46. The van der Waals surface area contributed by atoms with E-state index >= 15 is 0 Å². The molecule has 2 rings (SSSR count). The van der Waals surface area contributed by atoms with Crippen molar-refractivity contribution in [1.82, 2.24) is 5.32 Å². The number of hydrogen-bond donors (Lipinski definition) is 1. The van der Waals surface area contributed by atoms with Crippen molar-refractivity contribution in [1.29, 1.82) is 0 Å². The molecule has 0 aliphatic heterocycles. The number of nitro groups is 1. The van der Waals surface area contributed by atoms with Crippen molar-refractivity contribution in [2.75, 3.05) is 0 Å². The standard InChI is InChI=1S/C19H20N2O3/c1-19(2,14-16-7-4-3-5-8-16)20-18(22)12-11-15-9-6-10-17(13-15)21(23)24/h3-13H,14H2,1-2H3,(H,20,22)/b12-11+. The van der Waals surface area contributed by atoms with Gasteiger partial charge in [-0.05, 0) is 37.5 Å². The Hall–Kier alpha value is -2.95. The van der Waals surface area contributed by atoms with Crippen LogP contribution < -0.4 is 5.32 Å². The van der Waals surface area contributed by atoms with E-state index in [-0.39, 0.29) is 11.6 Å². The highest BCUT2D eigenvalue weighted by Gasteiger charge is 2.19. The van der Waals surface area contributed by atoms with Crippen LogP contribution in [0.25, 0.3) is 6.08 Å². The molecule has 0 unspecified atom stereocenters. The Morgan fingerprint density at radius 2 is 1.88 bits per heavy atom. The molecule has 5 nitrogen and oxygen atoms in total. The average molecular weight is 324 g/mol. The highest BCUT2D eigenvalue weighted by atomic mass is 16.6. The number of amides is 1. The van der Waals surface area contributed by atoms with Crippen LogP contribution in [-0.2, 0) is 11.2 Å². The topological polar surface area (TPSA) is 72.2 Å². The smallest absolute Gasteiger partial charge is 0.270 e. The number of carbonyl (C=O) groups is 1. The van der Waals surface area contributed by atoms with E-state index in [1.54, 1.807) is 18.2 Å². The summed E-state index contributed by atoms with van der Waals surface area (Å²) in [6.45, 7) is 3.91. The van der Waals surface area contributed by atoms with Crippen LogP contribution in [0.15, 0.2) is 60.7 Å². The lowest BCUT2D eigenvalue weighted by atomic mass is 9.95. The van der Waals surface area contributed by atoms with Gasteiger partial charge in [0.05, 0.1) is 4.92 Å².